The first kappa shape index (κ1) is 24.1. The SMILES string of the molecule is CC.CC.CCCN(CCCC(CC)CC)c1ncc(C)cn1. The minimum Gasteiger partial charge on any atom is -0.341 e. The molecule has 0 aliphatic rings. The highest BCUT2D eigenvalue weighted by Crippen LogP contribution is 2.16. The van der Waals surface area contributed by atoms with Crippen LogP contribution in [0.2, 0.25) is 0 Å². The maximum atomic E-state index is 4.45. The summed E-state index contributed by atoms with van der Waals surface area (Å²) in [5.41, 5.74) is 1.12. The molecule has 0 saturated carbocycles. The Balaban J connectivity index is 0. The molecule has 0 aromatic carbocycles. The predicted molar refractivity (Wildman–Crippen MR) is 105 cm³/mol. The van der Waals surface area contributed by atoms with Crippen molar-refractivity contribution >= 4 is 5.95 Å². The highest BCUT2D eigenvalue weighted by Gasteiger charge is 2.09. The highest BCUT2D eigenvalue weighted by atomic mass is 15.2. The molecule has 0 bridgehead atoms. The van der Waals surface area contributed by atoms with E-state index in [2.05, 4.69) is 35.6 Å². The fourth-order valence-corrected chi connectivity index (χ4v) is 2.40. The first-order chi connectivity index (χ1) is 11.2. The molecule has 23 heavy (non-hydrogen) atoms. The lowest BCUT2D eigenvalue weighted by Crippen LogP contribution is -2.27. The van der Waals surface area contributed by atoms with E-state index in [1.807, 2.05) is 47.0 Å². The summed E-state index contributed by atoms with van der Waals surface area (Å²) in [6, 6.07) is 0. The summed E-state index contributed by atoms with van der Waals surface area (Å²) in [5, 5.41) is 0. The number of aryl methyl sites for hydroxylation is 1. The van der Waals surface area contributed by atoms with Gasteiger partial charge in [0, 0.05) is 25.5 Å². The Hall–Kier alpha value is -1.12. The number of rotatable bonds is 9. The molecule has 3 heteroatoms. The number of hydrogen-bond donors (Lipinski definition) is 0. The third-order valence-electron chi connectivity index (χ3n) is 3.74. The molecule has 1 rings (SSSR count). The summed E-state index contributed by atoms with van der Waals surface area (Å²) in [6.45, 7) is 18.9. The molecule has 0 amide bonds. The summed E-state index contributed by atoms with van der Waals surface area (Å²) in [5.74, 6) is 1.76. The summed E-state index contributed by atoms with van der Waals surface area (Å²) in [7, 11) is 0. The normalized spacial score (nSPS) is 9.61. The van der Waals surface area contributed by atoms with Gasteiger partial charge in [0.05, 0.1) is 0 Å². The fourth-order valence-electron chi connectivity index (χ4n) is 2.40. The van der Waals surface area contributed by atoms with Crippen LogP contribution < -0.4 is 4.90 Å². The summed E-state index contributed by atoms with van der Waals surface area (Å²) in [6.07, 6.45) is 10.1. The molecule has 0 aliphatic carbocycles. The van der Waals surface area contributed by atoms with Crippen LogP contribution in [0.15, 0.2) is 12.4 Å². The van der Waals surface area contributed by atoms with Crippen LogP contribution in [0.25, 0.3) is 0 Å². The molecule has 0 atom stereocenters. The van der Waals surface area contributed by atoms with E-state index < -0.39 is 0 Å². The molecule has 0 spiro atoms. The van der Waals surface area contributed by atoms with Gasteiger partial charge in [-0.1, -0.05) is 61.3 Å². The van der Waals surface area contributed by atoms with Crippen molar-refractivity contribution in [3.05, 3.63) is 18.0 Å². The van der Waals surface area contributed by atoms with Gasteiger partial charge in [0.2, 0.25) is 5.95 Å². The van der Waals surface area contributed by atoms with Gasteiger partial charge in [0.1, 0.15) is 0 Å². The molecule has 0 aliphatic heterocycles. The van der Waals surface area contributed by atoms with Gasteiger partial charge in [-0.15, -0.1) is 0 Å². The molecule has 0 radical (unpaired) electrons. The largest absolute Gasteiger partial charge is 0.341 e. The van der Waals surface area contributed by atoms with Gasteiger partial charge in [0.25, 0.3) is 0 Å². The van der Waals surface area contributed by atoms with E-state index in [-0.39, 0.29) is 0 Å². The smallest absolute Gasteiger partial charge is 0.225 e. The van der Waals surface area contributed by atoms with Crippen LogP contribution in [-0.4, -0.2) is 23.1 Å². The lowest BCUT2D eigenvalue weighted by molar-refractivity contribution is 0.439. The topological polar surface area (TPSA) is 29.0 Å². The molecular weight excluding hydrogens is 282 g/mol. The van der Waals surface area contributed by atoms with Crippen LogP contribution in [-0.2, 0) is 0 Å². The zero-order chi connectivity index (χ0) is 18.1. The van der Waals surface area contributed by atoms with E-state index >= 15 is 0 Å². The molecule has 0 unspecified atom stereocenters. The van der Waals surface area contributed by atoms with Crippen molar-refractivity contribution < 1.29 is 0 Å². The second-order valence-electron chi connectivity index (χ2n) is 5.37. The van der Waals surface area contributed by atoms with E-state index in [1.165, 1.54) is 25.7 Å². The average Bonchev–Trinajstić information content (AvgIpc) is 2.62. The first-order valence-corrected chi connectivity index (χ1v) is 9.74. The Bertz CT molecular complexity index is 331. The van der Waals surface area contributed by atoms with Crippen LogP contribution in [0.3, 0.4) is 0 Å². The van der Waals surface area contributed by atoms with Gasteiger partial charge in [-0.2, -0.15) is 0 Å². The van der Waals surface area contributed by atoms with Crippen molar-refractivity contribution in [3.63, 3.8) is 0 Å². The number of hydrogen-bond acceptors (Lipinski definition) is 3. The molecule has 1 aromatic heterocycles. The number of anilines is 1. The maximum absolute atomic E-state index is 4.45. The van der Waals surface area contributed by atoms with Gasteiger partial charge >= 0.3 is 0 Å². The van der Waals surface area contributed by atoms with Crippen LogP contribution in [0.5, 0.6) is 0 Å². The highest BCUT2D eigenvalue weighted by molar-refractivity contribution is 5.29. The van der Waals surface area contributed by atoms with Crippen LogP contribution in [0.4, 0.5) is 5.95 Å². The first-order valence-electron chi connectivity index (χ1n) is 9.74. The Labute approximate surface area is 145 Å². The lowest BCUT2D eigenvalue weighted by Gasteiger charge is -2.23. The van der Waals surface area contributed by atoms with Crippen molar-refractivity contribution in [2.75, 3.05) is 18.0 Å². The fraction of sp³-hybridized carbons (Fsp3) is 0.800. The molecular formula is C20H41N3. The van der Waals surface area contributed by atoms with Gasteiger partial charge in [-0.3, -0.25) is 0 Å². The average molecular weight is 324 g/mol. The lowest BCUT2D eigenvalue weighted by atomic mass is 9.97. The van der Waals surface area contributed by atoms with Gasteiger partial charge in [-0.25, -0.2) is 9.97 Å². The summed E-state index contributed by atoms with van der Waals surface area (Å²) < 4.78 is 0. The Morgan fingerprint density at radius 1 is 0.913 bits per heavy atom. The molecule has 0 N–H and O–H groups in total. The Morgan fingerprint density at radius 2 is 1.43 bits per heavy atom. The van der Waals surface area contributed by atoms with Crippen LogP contribution in [0, 0.1) is 12.8 Å². The van der Waals surface area contributed by atoms with Crippen LogP contribution in [0.1, 0.15) is 86.1 Å². The van der Waals surface area contributed by atoms with E-state index in [9.17, 15) is 0 Å². The van der Waals surface area contributed by atoms with Crippen molar-refractivity contribution in [2.24, 2.45) is 5.92 Å². The minimum atomic E-state index is 0.877. The molecule has 136 valence electrons. The maximum Gasteiger partial charge on any atom is 0.225 e. The van der Waals surface area contributed by atoms with Crippen molar-refractivity contribution in [3.8, 4) is 0 Å². The summed E-state index contributed by atoms with van der Waals surface area (Å²) >= 11 is 0. The standard InChI is InChI=1S/C16H29N3.2C2H6/c1-5-10-19(11-8-9-15(6-2)7-3)16-17-12-14(4)13-18-16;2*1-2/h12-13,15H,5-11H2,1-4H3;2*1-2H3. The van der Waals surface area contributed by atoms with Crippen LogP contribution >= 0.6 is 0 Å². The zero-order valence-electron chi connectivity index (χ0n) is 17.0. The van der Waals surface area contributed by atoms with Gasteiger partial charge < -0.3 is 4.90 Å². The summed E-state index contributed by atoms with van der Waals surface area (Å²) in [4.78, 5) is 11.2. The van der Waals surface area contributed by atoms with E-state index in [0.717, 1.165) is 36.9 Å². The third kappa shape index (κ3) is 11.1. The van der Waals surface area contributed by atoms with E-state index in [0.29, 0.717) is 0 Å². The molecule has 1 aromatic rings. The minimum absolute atomic E-state index is 0.877. The van der Waals surface area contributed by atoms with E-state index in [4.69, 9.17) is 0 Å². The molecule has 3 nitrogen and oxygen atoms in total. The molecule has 0 saturated heterocycles. The van der Waals surface area contributed by atoms with Gasteiger partial charge in [0.15, 0.2) is 0 Å². The number of nitrogens with zero attached hydrogens (tertiary/aromatic N) is 3. The second kappa shape index (κ2) is 17.2. The van der Waals surface area contributed by atoms with Crippen molar-refractivity contribution in [1.29, 1.82) is 0 Å². The quantitative estimate of drug-likeness (QED) is 0.536. The second-order valence-corrected chi connectivity index (χ2v) is 5.37. The Morgan fingerprint density at radius 3 is 1.87 bits per heavy atom. The zero-order valence-corrected chi connectivity index (χ0v) is 17.0. The third-order valence-corrected chi connectivity index (χ3v) is 3.74. The predicted octanol–water partition coefficient (Wildman–Crippen LogP) is 6.27. The van der Waals surface area contributed by atoms with Gasteiger partial charge in [-0.05, 0) is 37.7 Å². The Kier molecular flexibility index (Phi) is 18.1. The van der Waals surface area contributed by atoms with Crippen molar-refractivity contribution in [2.45, 2.75) is 87.5 Å². The monoisotopic (exact) mass is 323 g/mol. The molecule has 0 fully saturated rings. The van der Waals surface area contributed by atoms with Crippen molar-refractivity contribution in [1.82, 2.24) is 9.97 Å². The number of aromatic nitrogens is 2. The van der Waals surface area contributed by atoms with E-state index in [1.54, 1.807) is 0 Å². The molecule has 1 heterocycles.